The molecular weight excluding hydrogens is 174 g/mol. The van der Waals surface area contributed by atoms with Gasteiger partial charge in [0.1, 0.15) is 0 Å². The molecule has 0 bridgehead atoms. The first-order chi connectivity index (χ1) is 5.42. The van der Waals surface area contributed by atoms with Gasteiger partial charge in [-0.2, -0.15) is 0 Å². The number of benzene rings is 1. The van der Waals surface area contributed by atoms with Crippen LogP contribution in [0.4, 0.5) is 0 Å². The van der Waals surface area contributed by atoms with Crippen LogP contribution in [0.1, 0.15) is 0 Å². The van der Waals surface area contributed by atoms with E-state index in [0.717, 1.165) is 0 Å². The number of para-hydroxylation sites is 1. The maximum atomic E-state index is 5.85. The van der Waals surface area contributed by atoms with Gasteiger partial charge in [-0.15, -0.1) is 11.1 Å². The molecule has 1 heterocycles. The average Bonchev–Trinajstić information content (AvgIpc) is 2.47. The number of aromatic nitrogens is 1. The second-order valence-electron chi connectivity index (χ2n) is 2.46. The van der Waals surface area contributed by atoms with Crippen LogP contribution in [0.15, 0.2) is 36.5 Å². The molecule has 0 aliphatic heterocycles. The normalized spacial score (nSPS) is 11.7. The number of nitrogens with zero attached hydrogens (tertiary/aromatic N) is 1. The molecule has 3 heteroatoms. The van der Waals surface area contributed by atoms with E-state index in [2.05, 4.69) is 28.6 Å². The van der Waals surface area contributed by atoms with E-state index >= 15 is 0 Å². The van der Waals surface area contributed by atoms with Crippen molar-refractivity contribution in [1.29, 1.82) is 0 Å². The van der Waals surface area contributed by atoms with Gasteiger partial charge in [-0.3, -0.25) is 0 Å². The monoisotopic (exact) mass is 181 g/mol. The van der Waals surface area contributed by atoms with E-state index in [1.165, 1.54) is 10.9 Å². The zero-order valence-corrected chi connectivity index (χ0v) is 8.17. The lowest BCUT2D eigenvalue weighted by Gasteiger charge is -1.96. The maximum Gasteiger partial charge on any atom is 0.228 e. The van der Waals surface area contributed by atoms with Crippen LogP contribution in [0.25, 0.3) is 10.9 Å². The molecule has 1 nitrogen and oxygen atoms in total. The van der Waals surface area contributed by atoms with E-state index in [4.69, 9.17) is 11.1 Å². The molecule has 2 rings (SSSR count). The second kappa shape index (κ2) is 2.72. The van der Waals surface area contributed by atoms with Gasteiger partial charge in [0, 0.05) is 5.52 Å². The highest BCUT2D eigenvalue weighted by Crippen LogP contribution is 2.13. The van der Waals surface area contributed by atoms with Crippen molar-refractivity contribution in [3.63, 3.8) is 0 Å². The first kappa shape index (κ1) is 6.95. The second-order valence-corrected chi connectivity index (χ2v) is 4.10. The number of hydrogen-bond acceptors (Lipinski definition) is 0. The third-order valence-electron chi connectivity index (χ3n) is 1.81. The van der Waals surface area contributed by atoms with Crippen LogP contribution >= 0.6 is 11.1 Å². The van der Waals surface area contributed by atoms with Crippen LogP contribution in [0.2, 0.25) is 0 Å². The van der Waals surface area contributed by atoms with Crippen molar-refractivity contribution in [3.05, 3.63) is 36.5 Å². The Labute approximate surface area is 72.2 Å². The fourth-order valence-corrected chi connectivity index (χ4v) is 2.47. The number of halogens is 1. The Morgan fingerprint density at radius 1 is 1.18 bits per heavy atom. The SMILES string of the molecule is Cl[SiH2]n1ccc2ccccc21. The number of hydrogen-bond donors (Lipinski definition) is 0. The lowest BCUT2D eigenvalue weighted by atomic mass is 10.3. The molecule has 0 radical (unpaired) electrons. The van der Waals surface area contributed by atoms with Gasteiger partial charge in [-0.05, 0) is 23.7 Å². The fourth-order valence-electron chi connectivity index (χ4n) is 1.24. The molecule has 0 spiro atoms. The van der Waals surface area contributed by atoms with Gasteiger partial charge in [-0.25, -0.2) is 0 Å². The van der Waals surface area contributed by atoms with E-state index in [0.29, 0.717) is 0 Å². The van der Waals surface area contributed by atoms with Gasteiger partial charge in [0.2, 0.25) is 8.99 Å². The lowest BCUT2D eigenvalue weighted by molar-refractivity contribution is 1.32. The highest BCUT2D eigenvalue weighted by Gasteiger charge is 1.96. The third kappa shape index (κ3) is 1.08. The molecule has 0 atom stereocenters. The summed E-state index contributed by atoms with van der Waals surface area (Å²) in [5.74, 6) is 0. The van der Waals surface area contributed by atoms with Gasteiger partial charge < -0.3 is 4.23 Å². The van der Waals surface area contributed by atoms with E-state index in [1.54, 1.807) is 0 Å². The molecule has 0 N–H and O–H groups in total. The minimum absolute atomic E-state index is 0.599. The van der Waals surface area contributed by atoms with Gasteiger partial charge in [0.05, 0.1) is 0 Å². The summed E-state index contributed by atoms with van der Waals surface area (Å²) < 4.78 is 2.15. The van der Waals surface area contributed by atoms with Crippen LogP contribution in [0.5, 0.6) is 0 Å². The molecular formula is C8H8ClNSi. The summed E-state index contributed by atoms with van der Waals surface area (Å²) in [5, 5.41) is 1.28. The Balaban J connectivity index is 2.76. The summed E-state index contributed by atoms with van der Waals surface area (Å²) in [6.07, 6.45) is 2.06. The van der Waals surface area contributed by atoms with Crippen molar-refractivity contribution in [1.82, 2.24) is 4.23 Å². The lowest BCUT2D eigenvalue weighted by Crippen LogP contribution is -1.95. The van der Waals surface area contributed by atoms with Gasteiger partial charge in [0.15, 0.2) is 0 Å². The molecule has 0 aliphatic rings. The molecule has 0 saturated heterocycles. The zero-order chi connectivity index (χ0) is 7.68. The highest BCUT2D eigenvalue weighted by molar-refractivity contribution is 6.93. The molecule has 0 saturated carbocycles. The predicted octanol–water partition coefficient (Wildman–Crippen LogP) is 1.73. The summed E-state index contributed by atoms with van der Waals surface area (Å²) in [5.41, 5.74) is 1.26. The van der Waals surface area contributed by atoms with Crippen molar-refractivity contribution in [2.24, 2.45) is 0 Å². The maximum absolute atomic E-state index is 5.85. The summed E-state index contributed by atoms with van der Waals surface area (Å²) in [7, 11) is -0.599. The highest BCUT2D eigenvalue weighted by atomic mass is 35.6. The van der Waals surface area contributed by atoms with Crippen molar-refractivity contribution >= 4 is 31.0 Å². The smallest absolute Gasteiger partial charge is 0.228 e. The summed E-state index contributed by atoms with van der Waals surface area (Å²) in [6.45, 7) is 0. The quantitative estimate of drug-likeness (QED) is 0.467. The standard InChI is InChI=1S/C8H8ClNSi/c9-11-10-6-5-7-3-1-2-4-8(7)10/h1-6H,11H2. The number of fused-ring (bicyclic) bond motifs is 1. The molecule has 11 heavy (non-hydrogen) atoms. The molecule has 0 aliphatic carbocycles. The minimum Gasteiger partial charge on any atom is -0.365 e. The summed E-state index contributed by atoms with van der Waals surface area (Å²) in [4.78, 5) is 0. The Morgan fingerprint density at radius 2 is 2.00 bits per heavy atom. The van der Waals surface area contributed by atoms with E-state index < -0.39 is 8.99 Å². The van der Waals surface area contributed by atoms with Gasteiger partial charge in [-0.1, -0.05) is 18.2 Å². The van der Waals surface area contributed by atoms with Gasteiger partial charge in [0.25, 0.3) is 0 Å². The topological polar surface area (TPSA) is 4.93 Å². The third-order valence-corrected chi connectivity index (χ3v) is 3.39. The van der Waals surface area contributed by atoms with Crippen molar-refractivity contribution in [2.45, 2.75) is 0 Å². The summed E-state index contributed by atoms with van der Waals surface area (Å²) >= 11 is 5.85. The first-order valence-corrected chi connectivity index (χ1v) is 6.29. The molecule has 1 aromatic heterocycles. The molecule has 0 unspecified atom stereocenters. The number of rotatable bonds is 1. The molecule has 56 valence electrons. The Bertz CT molecular complexity index is 369. The minimum atomic E-state index is -0.599. The van der Waals surface area contributed by atoms with Gasteiger partial charge >= 0.3 is 0 Å². The van der Waals surface area contributed by atoms with Crippen molar-refractivity contribution in [3.8, 4) is 0 Å². The predicted molar refractivity (Wildman–Crippen MR) is 51.7 cm³/mol. The largest absolute Gasteiger partial charge is 0.365 e. The van der Waals surface area contributed by atoms with E-state index in [9.17, 15) is 0 Å². The van der Waals surface area contributed by atoms with Crippen LogP contribution in [0.3, 0.4) is 0 Å². The molecule has 0 fully saturated rings. The zero-order valence-electron chi connectivity index (χ0n) is 6.00. The van der Waals surface area contributed by atoms with E-state index in [-0.39, 0.29) is 0 Å². The Kier molecular flexibility index (Phi) is 1.72. The summed E-state index contributed by atoms with van der Waals surface area (Å²) in [6, 6.07) is 10.4. The fraction of sp³-hybridized carbons (Fsp3) is 0. The Morgan fingerprint density at radius 3 is 2.82 bits per heavy atom. The van der Waals surface area contributed by atoms with Crippen molar-refractivity contribution in [2.75, 3.05) is 0 Å². The average molecular weight is 182 g/mol. The van der Waals surface area contributed by atoms with Crippen LogP contribution < -0.4 is 0 Å². The Hall–Kier alpha value is -0.733. The molecule has 2 aromatic rings. The molecule has 1 aromatic carbocycles. The molecule has 0 amide bonds. The van der Waals surface area contributed by atoms with Crippen LogP contribution in [-0.4, -0.2) is 13.2 Å². The van der Waals surface area contributed by atoms with Crippen molar-refractivity contribution < 1.29 is 0 Å². The van der Waals surface area contributed by atoms with Crippen LogP contribution in [0, 0.1) is 0 Å². The first-order valence-electron chi connectivity index (χ1n) is 3.51. The van der Waals surface area contributed by atoms with Crippen LogP contribution in [-0.2, 0) is 0 Å². The van der Waals surface area contributed by atoms with E-state index in [1.807, 2.05) is 12.1 Å².